The highest BCUT2D eigenvalue weighted by Crippen LogP contribution is 2.31. The Hall–Kier alpha value is -1.82. The van der Waals surface area contributed by atoms with Crippen molar-refractivity contribution in [2.75, 3.05) is 30.3 Å². The molecule has 1 aliphatic heterocycles. The highest BCUT2D eigenvalue weighted by atomic mass is 19.1. The molecule has 98 valence electrons. The van der Waals surface area contributed by atoms with Crippen molar-refractivity contribution in [1.29, 1.82) is 0 Å². The van der Waals surface area contributed by atoms with Crippen molar-refractivity contribution in [3.63, 3.8) is 0 Å². The van der Waals surface area contributed by atoms with Crippen molar-refractivity contribution in [3.05, 3.63) is 23.5 Å². The minimum atomic E-state index is -1.33. The van der Waals surface area contributed by atoms with Crippen LogP contribution in [0.2, 0.25) is 0 Å². The molecule has 5 nitrogen and oxygen atoms in total. The summed E-state index contributed by atoms with van der Waals surface area (Å²) in [4.78, 5) is 12.6. The Morgan fingerprint density at radius 2 is 2.28 bits per heavy atom. The Morgan fingerprint density at radius 3 is 2.83 bits per heavy atom. The van der Waals surface area contributed by atoms with E-state index in [0.717, 1.165) is 18.6 Å². The van der Waals surface area contributed by atoms with E-state index in [-0.39, 0.29) is 18.2 Å². The molecule has 1 aromatic carbocycles. The van der Waals surface area contributed by atoms with E-state index in [0.29, 0.717) is 18.8 Å². The van der Waals surface area contributed by atoms with Gasteiger partial charge in [-0.25, -0.2) is 9.18 Å². The Labute approximate surface area is 104 Å². The molecule has 2 rings (SSSR count). The van der Waals surface area contributed by atoms with Gasteiger partial charge in [0.15, 0.2) is 0 Å². The fourth-order valence-electron chi connectivity index (χ4n) is 2.22. The second-order valence-electron chi connectivity index (χ2n) is 4.48. The van der Waals surface area contributed by atoms with Crippen LogP contribution in [-0.2, 0) is 0 Å². The van der Waals surface area contributed by atoms with E-state index in [1.807, 2.05) is 4.90 Å². The number of halogens is 1. The molecule has 0 radical (unpaired) electrons. The maximum atomic E-state index is 13.6. The second-order valence-corrected chi connectivity index (χ2v) is 4.48. The van der Waals surface area contributed by atoms with Crippen LogP contribution in [0.4, 0.5) is 15.8 Å². The van der Waals surface area contributed by atoms with E-state index < -0.39 is 17.3 Å². The second kappa shape index (κ2) is 4.81. The lowest BCUT2D eigenvalue weighted by Gasteiger charge is -2.21. The number of rotatable bonds is 3. The van der Waals surface area contributed by atoms with Gasteiger partial charge in [0.2, 0.25) is 0 Å². The third-order valence-corrected chi connectivity index (χ3v) is 3.23. The number of carbonyl (C=O) groups is 1. The Balaban J connectivity index is 2.30. The summed E-state index contributed by atoms with van der Waals surface area (Å²) in [7, 11) is 0. The quantitative estimate of drug-likeness (QED) is 0.698. The monoisotopic (exact) mass is 254 g/mol. The number of carboxylic acid groups (broad SMARTS) is 1. The summed E-state index contributed by atoms with van der Waals surface area (Å²) in [6.07, 6.45) is 0.818. The predicted molar refractivity (Wildman–Crippen MR) is 65.2 cm³/mol. The Kier molecular flexibility index (Phi) is 3.38. The van der Waals surface area contributed by atoms with Gasteiger partial charge in [0.1, 0.15) is 5.82 Å². The molecule has 0 spiro atoms. The highest BCUT2D eigenvalue weighted by Gasteiger charge is 2.25. The maximum absolute atomic E-state index is 13.6. The number of anilines is 2. The van der Waals surface area contributed by atoms with Crippen LogP contribution >= 0.6 is 0 Å². The molecule has 1 saturated heterocycles. The molecule has 0 amide bonds. The summed E-state index contributed by atoms with van der Waals surface area (Å²) >= 11 is 0. The molecule has 0 saturated carbocycles. The molecule has 1 fully saturated rings. The lowest BCUT2D eigenvalue weighted by Crippen LogP contribution is -2.22. The van der Waals surface area contributed by atoms with Crippen LogP contribution in [0, 0.1) is 11.7 Å². The molecule has 6 heteroatoms. The molecule has 1 aliphatic rings. The minimum Gasteiger partial charge on any atom is -0.478 e. The van der Waals surface area contributed by atoms with Crippen LogP contribution < -0.4 is 10.6 Å². The number of hydrogen-bond donors (Lipinski definition) is 3. The van der Waals surface area contributed by atoms with Crippen molar-refractivity contribution >= 4 is 17.3 Å². The van der Waals surface area contributed by atoms with Crippen molar-refractivity contribution < 1.29 is 19.4 Å². The van der Waals surface area contributed by atoms with E-state index in [2.05, 4.69) is 0 Å². The number of aromatic carboxylic acids is 1. The highest BCUT2D eigenvalue weighted by molar-refractivity contribution is 5.91. The first kappa shape index (κ1) is 12.6. The van der Waals surface area contributed by atoms with Gasteiger partial charge in [0, 0.05) is 31.7 Å². The van der Waals surface area contributed by atoms with E-state index in [9.17, 15) is 9.18 Å². The van der Waals surface area contributed by atoms with Crippen LogP contribution in [0.25, 0.3) is 0 Å². The standard InChI is InChI=1S/C12H15FN2O3/c13-9-4-11(10(14)3-8(9)12(17)18)15-2-1-7(5-15)6-16/h3-4,7,16H,1-2,5-6,14H2,(H,17,18). The fraction of sp³-hybridized carbons (Fsp3) is 0.417. The largest absolute Gasteiger partial charge is 0.478 e. The average molecular weight is 254 g/mol. The summed E-state index contributed by atoms with van der Waals surface area (Å²) in [5.74, 6) is -1.97. The molecule has 4 N–H and O–H groups in total. The number of aliphatic hydroxyl groups excluding tert-OH is 1. The van der Waals surface area contributed by atoms with E-state index in [4.69, 9.17) is 15.9 Å². The minimum absolute atomic E-state index is 0.0894. The average Bonchev–Trinajstić information content (AvgIpc) is 2.79. The van der Waals surface area contributed by atoms with Crippen LogP contribution in [0.3, 0.4) is 0 Å². The summed E-state index contributed by atoms with van der Waals surface area (Å²) < 4.78 is 13.6. The molecule has 0 aliphatic carbocycles. The molecule has 1 atom stereocenters. The van der Waals surface area contributed by atoms with Crippen molar-refractivity contribution in [2.45, 2.75) is 6.42 Å². The van der Waals surface area contributed by atoms with Gasteiger partial charge in [-0.3, -0.25) is 0 Å². The van der Waals surface area contributed by atoms with Crippen LogP contribution in [0.1, 0.15) is 16.8 Å². The molecule has 0 bridgehead atoms. The number of nitrogens with zero attached hydrogens (tertiary/aromatic N) is 1. The van der Waals surface area contributed by atoms with E-state index >= 15 is 0 Å². The molecule has 0 aromatic heterocycles. The number of aliphatic hydroxyl groups is 1. The number of carboxylic acids is 1. The zero-order chi connectivity index (χ0) is 13.3. The maximum Gasteiger partial charge on any atom is 0.338 e. The van der Waals surface area contributed by atoms with E-state index in [1.165, 1.54) is 0 Å². The first-order valence-corrected chi connectivity index (χ1v) is 5.71. The molecular formula is C12H15FN2O3. The molecule has 1 heterocycles. The SMILES string of the molecule is Nc1cc(C(=O)O)c(F)cc1N1CCC(CO)C1. The van der Waals surface area contributed by atoms with Gasteiger partial charge < -0.3 is 20.8 Å². The molecular weight excluding hydrogens is 239 g/mol. The number of nitrogens with two attached hydrogens (primary N) is 1. The third kappa shape index (κ3) is 2.24. The van der Waals surface area contributed by atoms with Crippen LogP contribution in [0.5, 0.6) is 0 Å². The van der Waals surface area contributed by atoms with E-state index in [1.54, 1.807) is 0 Å². The lowest BCUT2D eigenvalue weighted by atomic mass is 10.1. The van der Waals surface area contributed by atoms with Crippen molar-refractivity contribution in [3.8, 4) is 0 Å². The first-order valence-electron chi connectivity index (χ1n) is 5.71. The third-order valence-electron chi connectivity index (χ3n) is 3.23. The van der Waals surface area contributed by atoms with Crippen molar-refractivity contribution in [1.82, 2.24) is 0 Å². The molecule has 1 unspecified atom stereocenters. The normalized spacial score (nSPS) is 19.2. The first-order chi connectivity index (χ1) is 8.52. The lowest BCUT2D eigenvalue weighted by molar-refractivity contribution is 0.0692. The number of nitrogen functional groups attached to an aromatic ring is 1. The zero-order valence-electron chi connectivity index (χ0n) is 9.77. The Morgan fingerprint density at radius 1 is 1.56 bits per heavy atom. The summed E-state index contributed by atoms with van der Waals surface area (Å²) in [6.45, 7) is 1.37. The van der Waals surface area contributed by atoms with Gasteiger partial charge >= 0.3 is 5.97 Å². The summed E-state index contributed by atoms with van der Waals surface area (Å²) in [5.41, 5.74) is 6.08. The van der Waals surface area contributed by atoms with Gasteiger partial charge in [-0.1, -0.05) is 0 Å². The fourth-order valence-corrected chi connectivity index (χ4v) is 2.22. The van der Waals surface area contributed by atoms with Gasteiger partial charge in [-0.2, -0.15) is 0 Å². The molecule has 18 heavy (non-hydrogen) atoms. The van der Waals surface area contributed by atoms with Gasteiger partial charge in [0.05, 0.1) is 16.9 Å². The van der Waals surface area contributed by atoms with Crippen molar-refractivity contribution in [2.24, 2.45) is 5.92 Å². The van der Waals surface area contributed by atoms with Gasteiger partial charge in [-0.15, -0.1) is 0 Å². The number of benzene rings is 1. The van der Waals surface area contributed by atoms with Crippen LogP contribution in [0.15, 0.2) is 12.1 Å². The zero-order valence-corrected chi connectivity index (χ0v) is 9.77. The van der Waals surface area contributed by atoms with Crippen LogP contribution in [-0.4, -0.2) is 35.9 Å². The van der Waals surface area contributed by atoms with Gasteiger partial charge in [-0.05, 0) is 12.5 Å². The summed E-state index contributed by atoms with van der Waals surface area (Å²) in [5, 5.41) is 17.8. The number of hydrogen-bond acceptors (Lipinski definition) is 4. The van der Waals surface area contributed by atoms with Gasteiger partial charge in [0.25, 0.3) is 0 Å². The summed E-state index contributed by atoms with van der Waals surface area (Å²) in [6, 6.07) is 2.29. The molecule has 1 aromatic rings. The topological polar surface area (TPSA) is 86.8 Å². The smallest absolute Gasteiger partial charge is 0.338 e. The predicted octanol–water partition coefficient (Wildman–Crippen LogP) is 0.925. The Bertz CT molecular complexity index is 479.